The van der Waals surface area contributed by atoms with Crippen LogP contribution in [0.2, 0.25) is 0 Å². The van der Waals surface area contributed by atoms with Gasteiger partial charge in [-0.2, -0.15) is 0 Å². The maximum absolute atomic E-state index is 10.0. The quantitative estimate of drug-likeness (QED) is 0.411. The van der Waals surface area contributed by atoms with Crippen LogP contribution in [0.15, 0.2) is 0 Å². The second kappa shape index (κ2) is 6.86. The minimum Gasteiger partial charge on any atom is -0.337 e. The molecule has 0 unspecified atom stereocenters. The Labute approximate surface area is 81.9 Å². The van der Waals surface area contributed by atoms with E-state index in [-0.39, 0.29) is 47.1 Å². The van der Waals surface area contributed by atoms with Gasteiger partial charge < -0.3 is 9.36 Å². The van der Waals surface area contributed by atoms with Crippen LogP contribution in [0.3, 0.4) is 0 Å². The summed E-state index contributed by atoms with van der Waals surface area (Å²) in [6, 6.07) is 0. The Kier molecular flexibility index (Phi) is 9.47. The number of carbonyl (C=O) groups is 1. The molecule has 0 aromatic heterocycles. The summed E-state index contributed by atoms with van der Waals surface area (Å²) < 4.78 is 10.0. The molecule has 0 aromatic rings. The molecule has 0 amide bonds. The largest absolute Gasteiger partial charge is 0.337 e. The van der Waals surface area contributed by atoms with E-state index in [1.807, 2.05) is 13.8 Å². The van der Waals surface area contributed by atoms with Gasteiger partial charge in [0, 0.05) is 32.7 Å². The standard InChI is InChI=1S/C5H8O2P.Y/c1-4(2)5(3-6)8-7;/h3-4H,1-2H3;/q-1;. The van der Waals surface area contributed by atoms with Crippen molar-refractivity contribution < 1.29 is 42.1 Å². The molecule has 0 rings (SSSR count). The number of carbonyl (C=O) groups excluding carboxylic acids is 1. The minimum absolute atomic E-state index is 0. The van der Waals surface area contributed by atoms with E-state index in [4.69, 9.17) is 0 Å². The van der Waals surface area contributed by atoms with Crippen LogP contribution in [-0.4, -0.2) is 6.29 Å². The SMILES string of the molecule is CC(C)[C-](C=O)P=O.[Y]. The Morgan fingerprint density at radius 2 is 2.00 bits per heavy atom. The normalized spacial score (nSPS) is 8.78. The van der Waals surface area contributed by atoms with Gasteiger partial charge in [0.05, 0.1) is 0 Å². The molecule has 2 nitrogen and oxygen atoms in total. The van der Waals surface area contributed by atoms with Crippen molar-refractivity contribution in [3.63, 3.8) is 0 Å². The van der Waals surface area contributed by atoms with E-state index in [9.17, 15) is 9.36 Å². The van der Waals surface area contributed by atoms with Crippen molar-refractivity contribution in [1.29, 1.82) is 0 Å². The van der Waals surface area contributed by atoms with Gasteiger partial charge in [-0.3, -0.25) is 0 Å². The molecule has 9 heavy (non-hydrogen) atoms. The molecule has 0 aromatic carbocycles. The monoisotopic (exact) mass is 220 g/mol. The van der Waals surface area contributed by atoms with E-state index < -0.39 is 0 Å². The van der Waals surface area contributed by atoms with Crippen molar-refractivity contribution in [3.05, 3.63) is 5.66 Å². The van der Waals surface area contributed by atoms with Gasteiger partial charge in [0.1, 0.15) is 0 Å². The Morgan fingerprint density at radius 1 is 1.56 bits per heavy atom. The Morgan fingerprint density at radius 3 is 2.00 bits per heavy atom. The maximum Gasteiger partial charge on any atom is 0 e. The van der Waals surface area contributed by atoms with E-state index in [1.54, 1.807) is 0 Å². The van der Waals surface area contributed by atoms with E-state index >= 15 is 0 Å². The summed E-state index contributed by atoms with van der Waals surface area (Å²) in [5, 5.41) is 0. The molecule has 0 spiro atoms. The van der Waals surface area contributed by atoms with Gasteiger partial charge in [-0.1, -0.05) is 13.8 Å². The van der Waals surface area contributed by atoms with Crippen molar-refractivity contribution in [2.45, 2.75) is 13.8 Å². The molecule has 0 aliphatic heterocycles. The third-order valence-electron chi connectivity index (χ3n) is 0.818. The van der Waals surface area contributed by atoms with E-state index in [0.29, 0.717) is 11.9 Å². The molecule has 0 bridgehead atoms. The minimum atomic E-state index is -0.148. The summed E-state index contributed by atoms with van der Waals surface area (Å²) in [5.41, 5.74) is 0.421. The van der Waals surface area contributed by atoms with Crippen molar-refractivity contribution >= 4 is 14.7 Å². The molecule has 1 radical (unpaired) electrons. The fourth-order valence-electron chi connectivity index (χ4n) is 0.263. The van der Waals surface area contributed by atoms with Gasteiger partial charge in [-0.05, 0) is 14.7 Å². The smallest absolute Gasteiger partial charge is 0 e. The average molecular weight is 220 g/mol. The molecule has 0 atom stereocenters. The molecule has 0 aliphatic rings. The second-order valence-corrected chi connectivity index (χ2v) is 2.49. The Bertz CT molecular complexity index is 87.0. The van der Waals surface area contributed by atoms with Gasteiger partial charge in [-0.25, -0.2) is 5.66 Å². The van der Waals surface area contributed by atoms with E-state index in [1.165, 1.54) is 0 Å². The molecule has 4 heteroatoms. The average Bonchev–Trinajstić information content (AvgIpc) is 1.69. The molecule has 0 aliphatic carbocycles. The van der Waals surface area contributed by atoms with Crippen LogP contribution in [0.4, 0.5) is 0 Å². The second-order valence-electron chi connectivity index (χ2n) is 1.79. The van der Waals surface area contributed by atoms with Crippen LogP contribution in [0.25, 0.3) is 0 Å². The fourth-order valence-corrected chi connectivity index (χ4v) is 0.517. The summed E-state index contributed by atoms with van der Waals surface area (Å²) in [7, 11) is -0.148. The fraction of sp³-hybridized carbons (Fsp3) is 0.600. The Balaban J connectivity index is 0. The first kappa shape index (κ1) is 12.4. The first-order valence-corrected chi connectivity index (χ1v) is 3.19. The number of aldehydes is 1. The van der Waals surface area contributed by atoms with Crippen LogP contribution < -0.4 is 0 Å². The number of hydrogen-bond acceptors (Lipinski definition) is 2. The molecule has 0 saturated carbocycles. The Hall–Kier alpha value is 0.744. The molecular weight excluding hydrogens is 212 g/mol. The number of rotatable bonds is 3. The van der Waals surface area contributed by atoms with Gasteiger partial charge in [0.25, 0.3) is 0 Å². The van der Waals surface area contributed by atoms with Crippen molar-refractivity contribution in [3.8, 4) is 0 Å². The van der Waals surface area contributed by atoms with Crippen LogP contribution in [0.1, 0.15) is 13.8 Å². The van der Waals surface area contributed by atoms with Crippen molar-refractivity contribution in [2.24, 2.45) is 5.92 Å². The predicted octanol–water partition coefficient (Wildman–Crippen LogP) is 1.66. The van der Waals surface area contributed by atoms with Crippen LogP contribution >= 0.6 is 8.46 Å². The van der Waals surface area contributed by atoms with Crippen molar-refractivity contribution in [2.75, 3.05) is 0 Å². The van der Waals surface area contributed by atoms with Crippen LogP contribution in [-0.2, 0) is 42.1 Å². The van der Waals surface area contributed by atoms with E-state index in [0.717, 1.165) is 0 Å². The molecular formula is C5H8O2PY-. The van der Waals surface area contributed by atoms with Gasteiger partial charge in [0.15, 0.2) is 0 Å². The molecule has 0 saturated heterocycles. The van der Waals surface area contributed by atoms with Gasteiger partial charge >= 0.3 is 0 Å². The molecule has 49 valence electrons. The summed E-state index contributed by atoms with van der Waals surface area (Å²) in [6.07, 6.45) is 0.638. The van der Waals surface area contributed by atoms with Crippen LogP contribution in [0, 0.1) is 11.6 Å². The molecule has 0 heterocycles. The van der Waals surface area contributed by atoms with Crippen molar-refractivity contribution in [1.82, 2.24) is 0 Å². The first-order chi connectivity index (χ1) is 3.72. The zero-order valence-electron chi connectivity index (χ0n) is 5.50. The third kappa shape index (κ3) is 5.20. The van der Waals surface area contributed by atoms with Gasteiger partial charge in [0.2, 0.25) is 0 Å². The zero-order chi connectivity index (χ0) is 6.57. The zero-order valence-corrected chi connectivity index (χ0v) is 9.23. The third-order valence-corrected chi connectivity index (χ3v) is 1.65. The summed E-state index contributed by atoms with van der Waals surface area (Å²) in [4.78, 5) is 9.93. The summed E-state index contributed by atoms with van der Waals surface area (Å²) in [6.45, 7) is 3.66. The topological polar surface area (TPSA) is 34.1 Å². The molecule has 0 N–H and O–H groups in total. The predicted molar refractivity (Wildman–Crippen MR) is 31.8 cm³/mol. The van der Waals surface area contributed by atoms with Crippen LogP contribution in [0.5, 0.6) is 0 Å². The summed E-state index contributed by atoms with van der Waals surface area (Å²) >= 11 is 0. The number of hydrogen-bond donors (Lipinski definition) is 0. The molecule has 0 fully saturated rings. The van der Waals surface area contributed by atoms with Gasteiger partial charge in [-0.15, -0.1) is 5.92 Å². The van der Waals surface area contributed by atoms with E-state index in [2.05, 4.69) is 0 Å². The summed E-state index contributed by atoms with van der Waals surface area (Å²) in [5.74, 6) is 0.103. The maximum atomic E-state index is 10.0. The first-order valence-electron chi connectivity index (χ1n) is 2.37.